The van der Waals surface area contributed by atoms with Crippen molar-refractivity contribution < 1.29 is 29.6 Å². The van der Waals surface area contributed by atoms with Crippen molar-refractivity contribution in [3.8, 4) is 0 Å². The standard InChI is InChI=1S/C23H26FNO5S/c1-3-13-4-6-15(7-5-13)31-18-10-25(19-12(2)8-14(24)9-16(18)19)23-22(29)21(28)20(27)17(11-26)30-23/h4-10,17,20-23,26-29H,3,11H2,1-2H3/t17-,20-,21+,22-,23-/m1/s1. The van der Waals surface area contributed by atoms with Crippen LogP contribution in [0.2, 0.25) is 0 Å². The van der Waals surface area contributed by atoms with Gasteiger partial charge in [-0.2, -0.15) is 0 Å². The van der Waals surface area contributed by atoms with Crippen molar-refractivity contribution in [1.29, 1.82) is 0 Å². The molecule has 0 aliphatic carbocycles. The van der Waals surface area contributed by atoms with E-state index in [4.69, 9.17) is 4.74 Å². The van der Waals surface area contributed by atoms with Gasteiger partial charge in [0.1, 0.15) is 30.2 Å². The maximum Gasteiger partial charge on any atom is 0.163 e. The first-order chi connectivity index (χ1) is 14.8. The van der Waals surface area contributed by atoms with Crippen LogP contribution < -0.4 is 0 Å². The van der Waals surface area contributed by atoms with Crippen LogP contribution in [0, 0.1) is 12.7 Å². The first-order valence-electron chi connectivity index (χ1n) is 10.2. The average Bonchev–Trinajstić information content (AvgIpc) is 3.11. The zero-order chi connectivity index (χ0) is 22.3. The average molecular weight is 448 g/mol. The Hall–Kier alpha value is -1.94. The Morgan fingerprint density at radius 1 is 1.06 bits per heavy atom. The molecule has 1 aliphatic rings. The smallest absolute Gasteiger partial charge is 0.163 e. The molecule has 1 saturated heterocycles. The van der Waals surface area contributed by atoms with Crippen molar-refractivity contribution in [3.05, 3.63) is 59.5 Å². The molecule has 2 heterocycles. The molecule has 1 aromatic heterocycles. The number of fused-ring (bicyclic) bond motifs is 1. The number of ether oxygens (including phenoxy) is 1. The van der Waals surface area contributed by atoms with Crippen LogP contribution in [0.3, 0.4) is 0 Å². The van der Waals surface area contributed by atoms with Gasteiger partial charge >= 0.3 is 0 Å². The van der Waals surface area contributed by atoms with E-state index in [1.807, 2.05) is 24.3 Å². The lowest BCUT2D eigenvalue weighted by molar-refractivity contribution is -0.250. The molecule has 0 saturated carbocycles. The number of rotatable bonds is 5. The van der Waals surface area contributed by atoms with E-state index >= 15 is 0 Å². The van der Waals surface area contributed by atoms with Crippen molar-refractivity contribution in [2.45, 2.75) is 60.7 Å². The second kappa shape index (κ2) is 8.90. The maximum absolute atomic E-state index is 14.3. The normalized spacial score (nSPS) is 26.5. The van der Waals surface area contributed by atoms with Crippen LogP contribution in [0.1, 0.15) is 24.3 Å². The van der Waals surface area contributed by atoms with Gasteiger partial charge in [0, 0.05) is 21.4 Å². The van der Waals surface area contributed by atoms with Gasteiger partial charge < -0.3 is 29.7 Å². The molecular formula is C23H26FNO5S. The molecule has 0 bridgehead atoms. The third kappa shape index (κ3) is 4.11. The number of nitrogens with zero attached hydrogens (tertiary/aromatic N) is 1. The summed E-state index contributed by atoms with van der Waals surface area (Å²) in [5.74, 6) is -0.375. The highest BCUT2D eigenvalue weighted by molar-refractivity contribution is 7.99. The van der Waals surface area contributed by atoms with E-state index in [0.29, 0.717) is 16.5 Å². The summed E-state index contributed by atoms with van der Waals surface area (Å²) in [6.45, 7) is 3.33. The van der Waals surface area contributed by atoms with Gasteiger partial charge in [-0.3, -0.25) is 0 Å². The second-order valence-corrected chi connectivity index (χ2v) is 8.95. The second-order valence-electron chi connectivity index (χ2n) is 7.84. The highest BCUT2D eigenvalue weighted by Gasteiger charge is 2.44. The number of aliphatic hydroxyl groups excluding tert-OH is 4. The third-order valence-corrected chi connectivity index (χ3v) is 6.80. The lowest BCUT2D eigenvalue weighted by Gasteiger charge is -2.40. The van der Waals surface area contributed by atoms with Gasteiger partial charge in [0.25, 0.3) is 0 Å². The fourth-order valence-electron chi connectivity index (χ4n) is 4.04. The molecule has 0 amide bonds. The Morgan fingerprint density at radius 2 is 1.77 bits per heavy atom. The van der Waals surface area contributed by atoms with Gasteiger partial charge in [0.15, 0.2) is 6.23 Å². The van der Waals surface area contributed by atoms with E-state index in [1.165, 1.54) is 29.5 Å². The molecule has 1 fully saturated rings. The zero-order valence-corrected chi connectivity index (χ0v) is 18.1. The van der Waals surface area contributed by atoms with Crippen LogP contribution in [-0.4, -0.2) is 56.0 Å². The summed E-state index contributed by atoms with van der Waals surface area (Å²) in [6, 6.07) is 10.9. The topological polar surface area (TPSA) is 95.1 Å². The number of aryl methyl sites for hydroxylation is 2. The highest BCUT2D eigenvalue weighted by Crippen LogP contribution is 2.40. The first-order valence-corrected chi connectivity index (χ1v) is 11.0. The lowest BCUT2D eigenvalue weighted by atomic mass is 9.98. The molecule has 1 aliphatic heterocycles. The molecule has 166 valence electrons. The summed E-state index contributed by atoms with van der Waals surface area (Å²) in [5, 5.41) is 41.2. The maximum atomic E-state index is 14.3. The summed E-state index contributed by atoms with van der Waals surface area (Å²) in [4.78, 5) is 1.74. The lowest BCUT2D eigenvalue weighted by Crippen LogP contribution is -2.56. The van der Waals surface area contributed by atoms with Gasteiger partial charge in [-0.1, -0.05) is 30.8 Å². The number of aliphatic hydroxyl groups is 4. The Morgan fingerprint density at radius 3 is 2.42 bits per heavy atom. The molecule has 3 aromatic rings. The molecule has 4 rings (SSSR count). The number of hydrogen-bond acceptors (Lipinski definition) is 6. The van der Waals surface area contributed by atoms with Crippen LogP contribution in [-0.2, 0) is 11.2 Å². The van der Waals surface area contributed by atoms with Gasteiger partial charge in [-0.05, 0) is 48.7 Å². The Labute approximate surface area is 183 Å². The van der Waals surface area contributed by atoms with Crippen LogP contribution >= 0.6 is 11.8 Å². The molecule has 0 unspecified atom stereocenters. The van der Waals surface area contributed by atoms with E-state index in [9.17, 15) is 24.8 Å². The predicted molar refractivity (Wildman–Crippen MR) is 116 cm³/mol. The summed E-state index contributed by atoms with van der Waals surface area (Å²) in [7, 11) is 0. The number of aromatic nitrogens is 1. The van der Waals surface area contributed by atoms with E-state index in [-0.39, 0.29) is 5.82 Å². The third-order valence-electron chi connectivity index (χ3n) is 5.75. The molecule has 5 atom stereocenters. The van der Waals surface area contributed by atoms with Crippen molar-refractivity contribution >= 4 is 22.7 Å². The summed E-state index contributed by atoms with van der Waals surface area (Å²) in [5.41, 5.74) is 2.51. The fourth-order valence-corrected chi connectivity index (χ4v) is 5.00. The quantitative estimate of drug-likeness (QED) is 0.481. The number of benzene rings is 2. The molecule has 6 nitrogen and oxygen atoms in total. The van der Waals surface area contributed by atoms with Gasteiger partial charge in [0.2, 0.25) is 0 Å². The SMILES string of the molecule is CCc1ccc(Sc2cn([C@@H]3O[C@H](CO)[C@@H](O)[C@H](O)[C@H]3O)c3c(C)cc(F)cc23)cc1. The minimum Gasteiger partial charge on any atom is -0.394 e. The van der Waals surface area contributed by atoms with E-state index < -0.39 is 37.3 Å². The molecule has 4 N–H and O–H groups in total. The van der Waals surface area contributed by atoms with Gasteiger partial charge in [0.05, 0.1) is 12.1 Å². The minimum atomic E-state index is -1.49. The van der Waals surface area contributed by atoms with Crippen molar-refractivity contribution in [2.75, 3.05) is 6.61 Å². The molecule has 2 aromatic carbocycles. The first kappa shape index (κ1) is 22.3. The largest absolute Gasteiger partial charge is 0.394 e. The Kier molecular flexibility index (Phi) is 6.39. The zero-order valence-electron chi connectivity index (χ0n) is 17.3. The summed E-state index contributed by atoms with van der Waals surface area (Å²) >= 11 is 1.46. The van der Waals surface area contributed by atoms with Crippen LogP contribution in [0.15, 0.2) is 52.4 Å². The Bertz CT molecular complexity index is 1070. The van der Waals surface area contributed by atoms with E-state index in [2.05, 4.69) is 6.92 Å². The van der Waals surface area contributed by atoms with Crippen molar-refractivity contribution in [3.63, 3.8) is 0 Å². The summed E-state index contributed by atoms with van der Waals surface area (Å²) in [6.07, 6.45) is -3.76. The van der Waals surface area contributed by atoms with Crippen LogP contribution in [0.25, 0.3) is 10.9 Å². The minimum absolute atomic E-state index is 0.375. The van der Waals surface area contributed by atoms with Crippen molar-refractivity contribution in [1.82, 2.24) is 4.57 Å². The van der Waals surface area contributed by atoms with Crippen LogP contribution in [0.5, 0.6) is 0 Å². The number of hydrogen-bond donors (Lipinski definition) is 4. The van der Waals surface area contributed by atoms with E-state index in [1.54, 1.807) is 17.7 Å². The monoisotopic (exact) mass is 447 g/mol. The van der Waals surface area contributed by atoms with Crippen LogP contribution in [0.4, 0.5) is 4.39 Å². The van der Waals surface area contributed by atoms with Crippen molar-refractivity contribution in [2.24, 2.45) is 0 Å². The number of halogens is 1. The summed E-state index contributed by atoms with van der Waals surface area (Å²) < 4.78 is 21.7. The Balaban J connectivity index is 1.80. The van der Waals surface area contributed by atoms with Gasteiger partial charge in [-0.25, -0.2) is 4.39 Å². The van der Waals surface area contributed by atoms with Gasteiger partial charge in [-0.15, -0.1) is 0 Å². The molecule has 8 heteroatoms. The highest BCUT2D eigenvalue weighted by atomic mass is 32.2. The molecule has 0 spiro atoms. The predicted octanol–water partition coefficient (Wildman–Crippen LogP) is 2.77. The molecular weight excluding hydrogens is 421 g/mol. The van der Waals surface area contributed by atoms with E-state index in [0.717, 1.165) is 16.2 Å². The molecule has 0 radical (unpaired) electrons. The fraction of sp³-hybridized carbons (Fsp3) is 0.391. The molecule has 31 heavy (non-hydrogen) atoms.